The van der Waals surface area contributed by atoms with Crippen molar-refractivity contribution in [3.63, 3.8) is 0 Å². The minimum atomic E-state index is -0.283. The third-order valence-electron chi connectivity index (χ3n) is 4.48. The molecule has 0 radical (unpaired) electrons. The van der Waals surface area contributed by atoms with Crippen LogP contribution in [-0.4, -0.2) is 35.7 Å². The van der Waals surface area contributed by atoms with Crippen molar-refractivity contribution in [2.24, 2.45) is 11.8 Å². The van der Waals surface area contributed by atoms with E-state index in [9.17, 15) is 14.4 Å². The number of hydrogen-bond donors (Lipinski definition) is 1. The second-order valence-electron chi connectivity index (χ2n) is 6.00. The third kappa shape index (κ3) is 3.33. The van der Waals surface area contributed by atoms with Gasteiger partial charge in [0.1, 0.15) is 6.54 Å². The van der Waals surface area contributed by atoms with Gasteiger partial charge in [0.25, 0.3) is 0 Å². The predicted molar refractivity (Wildman–Crippen MR) is 85.2 cm³/mol. The van der Waals surface area contributed by atoms with Crippen LogP contribution in [0.3, 0.4) is 0 Å². The van der Waals surface area contributed by atoms with E-state index in [0.717, 1.165) is 16.9 Å². The maximum absolute atomic E-state index is 12.3. The van der Waals surface area contributed by atoms with Gasteiger partial charge >= 0.3 is 0 Å². The fraction of sp³-hybridized carbons (Fsp3) is 0.389. The van der Waals surface area contributed by atoms with Gasteiger partial charge < -0.3 is 5.32 Å². The average molecular weight is 312 g/mol. The highest BCUT2D eigenvalue weighted by molar-refractivity contribution is 6.07. The normalized spacial score (nSPS) is 23.0. The summed E-state index contributed by atoms with van der Waals surface area (Å²) in [5.41, 5.74) is 1.14. The van der Waals surface area contributed by atoms with E-state index in [1.807, 2.05) is 42.5 Å². The van der Waals surface area contributed by atoms with Gasteiger partial charge in [-0.05, 0) is 24.8 Å². The fourth-order valence-corrected chi connectivity index (χ4v) is 3.22. The molecule has 0 bridgehead atoms. The molecule has 1 heterocycles. The smallest absolute Gasteiger partial charge is 0.240 e. The maximum atomic E-state index is 12.3. The number of hydrogen-bond acceptors (Lipinski definition) is 3. The summed E-state index contributed by atoms with van der Waals surface area (Å²) in [7, 11) is 0. The average Bonchev–Trinajstić information content (AvgIpc) is 2.81. The van der Waals surface area contributed by atoms with Gasteiger partial charge in [0.15, 0.2) is 0 Å². The van der Waals surface area contributed by atoms with Crippen LogP contribution in [0.2, 0.25) is 0 Å². The van der Waals surface area contributed by atoms with E-state index in [1.165, 1.54) is 0 Å². The fourth-order valence-electron chi connectivity index (χ4n) is 3.22. The SMILES string of the molecule is O=C(CN1C(=O)[C@H]2CC=CC[C@@H]2C1=O)NCCc1ccccc1. The number of nitrogens with zero attached hydrogens (tertiary/aromatic N) is 1. The van der Waals surface area contributed by atoms with Crippen LogP contribution in [-0.2, 0) is 20.8 Å². The zero-order valence-electron chi connectivity index (χ0n) is 12.9. The molecule has 3 rings (SSSR count). The van der Waals surface area contributed by atoms with E-state index in [-0.39, 0.29) is 36.1 Å². The topological polar surface area (TPSA) is 66.5 Å². The molecule has 5 nitrogen and oxygen atoms in total. The Morgan fingerprint density at radius 3 is 2.26 bits per heavy atom. The van der Waals surface area contributed by atoms with Gasteiger partial charge in [0.2, 0.25) is 17.7 Å². The second-order valence-corrected chi connectivity index (χ2v) is 6.00. The van der Waals surface area contributed by atoms with Crippen LogP contribution in [0.25, 0.3) is 0 Å². The first-order valence-corrected chi connectivity index (χ1v) is 7.97. The number of fused-ring (bicyclic) bond motifs is 1. The number of imide groups is 1. The zero-order valence-corrected chi connectivity index (χ0v) is 12.9. The van der Waals surface area contributed by atoms with Crippen LogP contribution in [0, 0.1) is 11.8 Å². The monoisotopic (exact) mass is 312 g/mol. The number of benzene rings is 1. The molecule has 5 heteroatoms. The van der Waals surface area contributed by atoms with Crippen LogP contribution in [0.15, 0.2) is 42.5 Å². The zero-order chi connectivity index (χ0) is 16.2. The molecule has 0 aromatic heterocycles. The van der Waals surface area contributed by atoms with Crippen LogP contribution in [0.5, 0.6) is 0 Å². The summed E-state index contributed by atoms with van der Waals surface area (Å²) in [5.74, 6) is -1.24. The highest BCUT2D eigenvalue weighted by atomic mass is 16.2. The Morgan fingerprint density at radius 2 is 1.65 bits per heavy atom. The first kappa shape index (κ1) is 15.5. The lowest BCUT2D eigenvalue weighted by molar-refractivity contribution is -0.143. The summed E-state index contributed by atoms with van der Waals surface area (Å²) in [6.45, 7) is 0.326. The molecule has 0 unspecified atom stereocenters. The molecule has 1 aromatic carbocycles. The van der Waals surface area contributed by atoms with Gasteiger partial charge in [-0.25, -0.2) is 0 Å². The molecule has 1 fully saturated rings. The Balaban J connectivity index is 1.50. The van der Waals surface area contributed by atoms with Crippen molar-refractivity contribution in [1.82, 2.24) is 10.2 Å². The molecular formula is C18H20N2O3. The van der Waals surface area contributed by atoms with Gasteiger partial charge in [0.05, 0.1) is 11.8 Å². The van der Waals surface area contributed by atoms with Crippen molar-refractivity contribution >= 4 is 17.7 Å². The van der Waals surface area contributed by atoms with Gasteiger partial charge in [-0.15, -0.1) is 0 Å². The van der Waals surface area contributed by atoms with Crippen molar-refractivity contribution in [2.45, 2.75) is 19.3 Å². The lowest BCUT2D eigenvalue weighted by Crippen LogP contribution is -2.41. The first-order chi connectivity index (χ1) is 11.2. The molecule has 1 aromatic rings. The molecule has 23 heavy (non-hydrogen) atoms. The lowest BCUT2D eigenvalue weighted by Gasteiger charge is -2.14. The van der Waals surface area contributed by atoms with Crippen molar-refractivity contribution in [1.29, 1.82) is 0 Å². The molecular weight excluding hydrogens is 292 g/mol. The Kier molecular flexibility index (Phi) is 4.55. The Morgan fingerprint density at radius 1 is 1.04 bits per heavy atom. The third-order valence-corrected chi connectivity index (χ3v) is 4.48. The number of carbonyl (C=O) groups is 3. The summed E-state index contributed by atoms with van der Waals surface area (Å²) in [6.07, 6.45) is 5.80. The molecule has 0 saturated carbocycles. The molecule has 1 saturated heterocycles. The van der Waals surface area contributed by atoms with Crippen LogP contribution in [0.4, 0.5) is 0 Å². The van der Waals surface area contributed by atoms with E-state index < -0.39 is 0 Å². The first-order valence-electron chi connectivity index (χ1n) is 7.97. The van der Waals surface area contributed by atoms with Gasteiger partial charge in [-0.2, -0.15) is 0 Å². The summed E-state index contributed by atoms with van der Waals surface area (Å²) < 4.78 is 0. The number of rotatable bonds is 5. The Hall–Kier alpha value is -2.43. The summed E-state index contributed by atoms with van der Waals surface area (Å²) in [4.78, 5) is 37.7. The van der Waals surface area contributed by atoms with Crippen LogP contribution >= 0.6 is 0 Å². The van der Waals surface area contributed by atoms with Crippen LogP contribution in [0.1, 0.15) is 18.4 Å². The van der Waals surface area contributed by atoms with Crippen molar-refractivity contribution in [3.05, 3.63) is 48.0 Å². The Labute approximate surface area is 135 Å². The molecule has 1 aliphatic heterocycles. The van der Waals surface area contributed by atoms with Crippen molar-refractivity contribution in [2.75, 3.05) is 13.1 Å². The number of nitrogens with one attached hydrogen (secondary N) is 1. The molecule has 1 N–H and O–H groups in total. The van der Waals surface area contributed by atoms with E-state index >= 15 is 0 Å². The number of amides is 3. The van der Waals surface area contributed by atoms with E-state index in [0.29, 0.717) is 19.4 Å². The number of allylic oxidation sites excluding steroid dienone is 2. The summed E-state index contributed by atoms with van der Waals surface area (Å²) in [5, 5.41) is 2.78. The standard InChI is InChI=1S/C18H20N2O3/c21-16(19-11-10-13-6-2-1-3-7-13)12-20-17(22)14-8-4-5-9-15(14)18(20)23/h1-7,14-15H,8-12H2,(H,19,21)/t14-,15-/m0/s1. The Bertz CT molecular complexity index is 613. The quantitative estimate of drug-likeness (QED) is 0.658. The number of likely N-dealkylation sites (tertiary alicyclic amines) is 1. The minimum absolute atomic E-state index is 0.167. The molecule has 1 aliphatic carbocycles. The second kappa shape index (κ2) is 6.77. The van der Waals surface area contributed by atoms with Crippen molar-refractivity contribution < 1.29 is 14.4 Å². The van der Waals surface area contributed by atoms with Gasteiger partial charge in [-0.3, -0.25) is 19.3 Å². The molecule has 120 valence electrons. The van der Waals surface area contributed by atoms with Crippen molar-refractivity contribution in [3.8, 4) is 0 Å². The molecule has 0 spiro atoms. The minimum Gasteiger partial charge on any atom is -0.354 e. The molecule has 2 aliphatic rings. The summed E-state index contributed by atoms with van der Waals surface area (Å²) >= 11 is 0. The lowest BCUT2D eigenvalue weighted by atomic mass is 9.85. The van der Waals surface area contributed by atoms with Gasteiger partial charge in [-0.1, -0.05) is 42.5 Å². The van der Waals surface area contributed by atoms with E-state index in [1.54, 1.807) is 0 Å². The largest absolute Gasteiger partial charge is 0.354 e. The highest BCUT2D eigenvalue weighted by Crippen LogP contribution is 2.34. The van der Waals surface area contributed by atoms with E-state index in [4.69, 9.17) is 0 Å². The summed E-state index contributed by atoms with van der Waals surface area (Å²) in [6, 6.07) is 9.85. The molecule has 3 amide bonds. The van der Waals surface area contributed by atoms with Gasteiger partial charge in [0, 0.05) is 6.54 Å². The molecule has 2 atom stereocenters. The predicted octanol–water partition coefficient (Wildman–Crippen LogP) is 1.30. The van der Waals surface area contributed by atoms with Crippen LogP contribution < -0.4 is 5.32 Å². The maximum Gasteiger partial charge on any atom is 0.240 e. The highest BCUT2D eigenvalue weighted by Gasteiger charge is 2.47. The number of carbonyl (C=O) groups excluding carboxylic acids is 3. The van der Waals surface area contributed by atoms with E-state index in [2.05, 4.69) is 5.32 Å².